The summed E-state index contributed by atoms with van der Waals surface area (Å²) in [5, 5.41) is 2.66. The number of urea groups is 1. The largest absolute Gasteiger partial charge is 0.416 e. The van der Waals surface area contributed by atoms with E-state index in [1.807, 2.05) is 0 Å². The number of rotatable bonds is 4. The van der Waals surface area contributed by atoms with Crippen LogP contribution < -0.4 is 5.32 Å². The highest BCUT2D eigenvalue weighted by Gasteiger charge is 2.32. The Morgan fingerprint density at radius 2 is 1.96 bits per heavy atom. The van der Waals surface area contributed by atoms with E-state index in [-0.39, 0.29) is 23.9 Å². The number of alkyl halides is 3. The zero-order valence-electron chi connectivity index (χ0n) is 13.1. The molecule has 4 nitrogen and oxygen atoms in total. The normalized spacial score (nSPS) is 18.1. The summed E-state index contributed by atoms with van der Waals surface area (Å²) >= 11 is 0. The van der Waals surface area contributed by atoms with E-state index in [1.54, 1.807) is 11.0 Å². The number of hydrogen-bond donors (Lipinski definition) is 1. The lowest BCUT2D eigenvalue weighted by Gasteiger charge is -2.32. The average Bonchev–Trinajstić information content (AvgIpc) is 2.58. The van der Waals surface area contributed by atoms with Crippen molar-refractivity contribution in [1.82, 2.24) is 10.2 Å². The number of ketones is 1. The van der Waals surface area contributed by atoms with E-state index in [1.165, 1.54) is 12.1 Å². The Labute approximate surface area is 138 Å². The number of piperidine rings is 1. The summed E-state index contributed by atoms with van der Waals surface area (Å²) in [6, 6.07) is 3.94. The lowest BCUT2D eigenvalue weighted by molar-refractivity contribution is -0.137. The Morgan fingerprint density at radius 1 is 1.29 bits per heavy atom. The van der Waals surface area contributed by atoms with E-state index in [9.17, 15) is 22.8 Å². The first-order valence-electron chi connectivity index (χ1n) is 7.68. The number of hydrogen-bond acceptors (Lipinski definition) is 2. The van der Waals surface area contributed by atoms with Crippen molar-refractivity contribution in [3.63, 3.8) is 0 Å². The predicted octanol–water partition coefficient (Wildman–Crippen LogP) is 3.50. The molecule has 130 valence electrons. The summed E-state index contributed by atoms with van der Waals surface area (Å²) in [5.74, 6) is -0.630. The molecule has 1 heterocycles. The second kappa shape index (κ2) is 7.51. The molecule has 0 unspecified atom stereocenters. The van der Waals surface area contributed by atoms with Crippen LogP contribution in [0.25, 0.3) is 0 Å². The Balaban J connectivity index is 2.03. The van der Waals surface area contributed by atoms with Gasteiger partial charge in [-0.3, -0.25) is 4.79 Å². The highest BCUT2D eigenvalue weighted by Crippen LogP contribution is 2.30. The molecule has 1 fully saturated rings. The van der Waals surface area contributed by atoms with Crippen molar-refractivity contribution in [2.75, 3.05) is 19.6 Å². The van der Waals surface area contributed by atoms with Crippen LogP contribution in [-0.2, 0) is 6.18 Å². The van der Waals surface area contributed by atoms with Crippen molar-refractivity contribution in [1.29, 1.82) is 0 Å². The molecule has 1 atom stereocenters. The first-order chi connectivity index (χ1) is 11.3. The summed E-state index contributed by atoms with van der Waals surface area (Å²) in [4.78, 5) is 26.0. The van der Waals surface area contributed by atoms with Crippen LogP contribution in [-0.4, -0.2) is 36.3 Å². The first-order valence-corrected chi connectivity index (χ1v) is 7.68. The number of nitrogens with one attached hydrogen (secondary N) is 1. The molecule has 7 heteroatoms. The topological polar surface area (TPSA) is 49.4 Å². The fourth-order valence-corrected chi connectivity index (χ4v) is 2.71. The summed E-state index contributed by atoms with van der Waals surface area (Å²) in [5.41, 5.74) is -0.547. The molecule has 0 bridgehead atoms. The summed E-state index contributed by atoms with van der Waals surface area (Å²) in [7, 11) is 0. The molecule has 0 aromatic heterocycles. The van der Waals surface area contributed by atoms with E-state index in [4.69, 9.17) is 0 Å². The fraction of sp³-hybridized carbons (Fsp3) is 0.412. The number of nitrogens with zero attached hydrogens (tertiary/aromatic N) is 1. The van der Waals surface area contributed by atoms with Gasteiger partial charge in [0.05, 0.1) is 5.56 Å². The fourth-order valence-electron chi connectivity index (χ4n) is 2.71. The third kappa shape index (κ3) is 4.37. The van der Waals surface area contributed by atoms with Gasteiger partial charge in [-0.25, -0.2) is 4.79 Å². The molecule has 2 amide bonds. The zero-order chi connectivity index (χ0) is 17.7. The average molecular weight is 340 g/mol. The van der Waals surface area contributed by atoms with E-state index < -0.39 is 17.7 Å². The number of carbonyl (C=O) groups excluding carboxylic acids is 2. The zero-order valence-corrected chi connectivity index (χ0v) is 13.1. The molecule has 0 spiro atoms. The van der Waals surface area contributed by atoms with Crippen LogP contribution in [0.2, 0.25) is 0 Å². The summed E-state index contributed by atoms with van der Waals surface area (Å²) < 4.78 is 37.7. The smallest absolute Gasteiger partial charge is 0.335 e. The molecule has 1 aliphatic heterocycles. The van der Waals surface area contributed by atoms with Gasteiger partial charge in [-0.05, 0) is 25.0 Å². The van der Waals surface area contributed by atoms with E-state index in [0.717, 1.165) is 12.1 Å². The second-order valence-corrected chi connectivity index (χ2v) is 5.70. The Hall–Kier alpha value is -2.31. The highest BCUT2D eigenvalue weighted by atomic mass is 19.4. The van der Waals surface area contributed by atoms with Gasteiger partial charge in [-0.2, -0.15) is 13.2 Å². The lowest BCUT2D eigenvalue weighted by atomic mass is 9.90. The van der Waals surface area contributed by atoms with Crippen molar-refractivity contribution < 1.29 is 22.8 Å². The van der Waals surface area contributed by atoms with Crippen molar-refractivity contribution in [3.05, 3.63) is 48.0 Å². The lowest BCUT2D eigenvalue weighted by Crippen LogP contribution is -2.47. The minimum absolute atomic E-state index is 0.232. The minimum atomic E-state index is -4.42. The molecule has 1 aromatic carbocycles. The molecular weight excluding hydrogens is 321 g/mol. The number of carbonyl (C=O) groups is 2. The number of Topliss-reactive ketones (excluding diaryl/α,β-unsaturated/α-hetero) is 1. The van der Waals surface area contributed by atoms with E-state index in [2.05, 4.69) is 11.9 Å². The summed E-state index contributed by atoms with van der Waals surface area (Å²) in [6.07, 6.45) is -1.57. The quantitative estimate of drug-likeness (QED) is 0.674. The molecule has 0 aliphatic carbocycles. The number of likely N-dealkylation sites (tertiary alicyclic amines) is 1. The van der Waals surface area contributed by atoms with Crippen LogP contribution in [0.15, 0.2) is 36.9 Å². The Kier molecular flexibility index (Phi) is 5.64. The predicted molar refractivity (Wildman–Crippen MR) is 83.7 cm³/mol. The monoisotopic (exact) mass is 340 g/mol. The van der Waals surface area contributed by atoms with Gasteiger partial charge in [0.1, 0.15) is 0 Å². The van der Waals surface area contributed by atoms with Crippen molar-refractivity contribution in [3.8, 4) is 0 Å². The summed E-state index contributed by atoms with van der Waals surface area (Å²) in [6.45, 7) is 4.68. The SMILES string of the molecule is C=CCNC(=O)N1CCC[C@H](C(=O)c2ccc(C(F)(F)F)cc2)C1. The van der Waals surface area contributed by atoms with Crippen LogP contribution in [0, 0.1) is 5.92 Å². The van der Waals surface area contributed by atoms with Gasteiger partial charge in [-0.15, -0.1) is 6.58 Å². The maximum absolute atomic E-state index is 12.6. The maximum Gasteiger partial charge on any atom is 0.416 e. The van der Waals surface area contributed by atoms with E-state index >= 15 is 0 Å². The van der Waals surface area contributed by atoms with E-state index in [0.29, 0.717) is 25.9 Å². The van der Waals surface area contributed by atoms with Crippen LogP contribution in [0.4, 0.5) is 18.0 Å². The van der Waals surface area contributed by atoms with Crippen molar-refractivity contribution >= 4 is 11.8 Å². The van der Waals surface area contributed by atoms with Gasteiger partial charge in [0.2, 0.25) is 0 Å². The van der Waals surface area contributed by atoms with Gasteiger partial charge in [0.25, 0.3) is 0 Å². The molecule has 1 aliphatic rings. The van der Waals surface area contributed by atoms with Crippen LogP contribution in [0.5, 0.6) is 0 Å². The minimum Gasteiger partial charge on any atom is -0.335 e. The third-order valence-electron chi connectivity index (χ3n) is 3.97. The van der Waals surface area contributed by atoms with Gasteiger partial charge < -0.3 is 10.2 Å². The molecule has 1 aromatic rings. The molecule has 0 saturated carbocycles. The molecule has 0 radical (unpaired) electrons. The van der Waals surface area contributed by atoms with Crippen LogP contribution >= 0.6 is 0 Å². The Bertz CT molecular complexity index is 611. The second-order valence-electron chi connectivity index (χ2n) is 5.70. The molecule has 1 saturated heterocycles. The molecule has 2 rings (SSSR count). The number of amides is 2. The molecular formula is C17H19F3N2O2. The standard InChI is InChI=1S/C17H19F3N2O2/c1-2-9-21-16(24)22-10-3-4-13(11-22)15(23)12-5-7-14(8-6-12)17(18,19)20/h2,5-8,13H,1,3-4,9-11H2,(H,21,24)/t13-/m0/s1. The Morgan fingerprint density at radius 3 is 2.54 bits per heavy atom. The van der Waals surface area contributed by atoms with Crippen molar-refractivity contribution in [2.45, 2.75) is 19.0 Å². The van der Waals surface area contributed by atoms with Gasteiger partial charge in [0.15, 0.2) is 5.78 Å². The van der Waals surface area contributed by atoms with Gasteiger partial charge in [0, 0.05) is 31.1 Å². The third-order valence-corrected chi connectivity index (χ3v) is 3.97. The maximum atomic E-state index is 12.6. The van der Waals surface area contributed by atoms with Gasteiger partial charge in [-0.1, -0.05) is 18.2 Å². The molecule has 1 N–H and O–H groups in total. The van der Waals surface area contributed by atoms with Crippen LogP contribution in [0.1, 0.15) is 28.8 Å². The number of halogens is 3. The molecule has 24 heavy (non-hydrogen) atoms. The number of benzene rings is 1. The first kappa shape index (κ1) is 18.0. The highest BCUT2D eigenvalue weighted by molar-refractivity contribution is 5.98. The van der Waals surface area contributed by atoms with Crippen LogP contribution in [0.3, 0.4) is 0 Å². The van der Waals surface area contributed by atoms with Crippen molar-refractivity contribution in [2.24, 2.45) is 5.92 Å². The van der Waals surface area contributed by atoms with Gasteiger partial charge >= 0.3 is 12.2 Å².